The van der Waals surface area contributed by atoms with Crippen LogP contribution in [0.2, 0.25) is 10.0 Å². The molecule has 3 aromatic rings. The first-order valence-electron chi connectivity index (χ1n) is 7.93. The Balaban J connectivity index is 1.64. The zero-order valence-corrected chi connectivity index (χ0v) is 15.6. The zero-order chi connectivity index (χ0) is 20.3. The van der Waals surface area contributed by atoms with Gasteiger partial charge in [-0.1, -0.05) is 35.3 Å². The summed E-state index contributed by atoms with van der Waals surface area (Å²) in [5, 5.41) is 9.93. The van der Waals surface area contributed by atoms with Crippen LogP contribution in [-0.4, -0.2) is 15.8 Å². The van der Waals surface area contributed by atoms with Gasteiger partial charge in [-0.05, 0) is 30.3 Å². The number of amides is 2. The molecular formula is C18H13Cl2F3N4O. The number of anilines is 2. The first-order valence-corrected chi connectivity index (χ1v) is 8.68. The Labute approximate surface area is 168 Å². The average molecular weight is 429 g/mol. The molecule has 28 heavy (non-hydrogen) atoms. The molecule has 1 aromatic heterocycles. The fourth-order valence-electron chi connectivity index (χ4n) is 2.43. The fraction of sp³-hybridized carbons (Fsp3) is 0.111. The smallest absolute Gasteiger partial charge is 0.308 e. The first-order chi connectivity index (χ1) is 13.2. The molecule has 0 bridgehead atoms. The first kappa shape index (κ1) is 20.0. The number of urea groups is 1. The predicted molar refractivity (Wildman–Crippen MR) is 102 cm³/mol. The summed E-state index contributed by atoms with van der Waals surface area (Å²) in [5.41, 5.74) is 0.193. The van der Waals surface area contributed by atoms with Crippen LogP contribution >= 0.6 is 23.2 Å². The van der Waals surface area contributed by atoms with E-state index in [9.17, 15) is 18.0 Å². The lowest BCUT2D eigenvalue weighted by Gasteiger charge is -2.10. The molecule has 0 unspecified atom stereocenters. The van der Waals surface area contributed by atoms with Gasteiger partial charge in [0.2, 0.25) is 0 Å². The van der Waals surface area contributed by atoms with Crippen LogP contribution in [0.3, 0.4) is 0 Å². The van der Waals surface area contributed by atoms with Crippen molar-refractivity contribution in [3.8, 4) is 0 Å². The van der Waals surface area contributed by atoms with Crippen LogP contribution < -0.4 is 10.6 Å². The number of rotatable bonds is 4. The van der Waals surface area contributed by atoms with Gasteiger partial charge < -0.3 is 10.6 Å². The molecular weight excluding hydrogens is 416 g/mol. The molecule has 10 heteroatoms. The monoisotopic (exact) mass is 428 g/mol. The highest BCUT2D eigenvalue weighted by Gasteiger charge is 2.30. The lowest BCUT2D eigenvalue weighted by molar-refractivity contribution is -0.137. The molecule has 0 aliphatic carbocycles. The second-order valence-electron chi connectivity index (χ2n) is 5.78. The van der Waals surface area contributed by atoms with Gasteiger partial charge in [0.15, 0.2) is 0 Å². The molecule has 1 heterocycles. The summed E-state index contributed by atoms with van der Waals surface area (Å²) in [5.74, 6) is 0. The Hall–Kier alpha value is -2.71. The van der Waals surface area contributed by atoms with E-state index in [0.29, 0.717) is 21.3 Å². The van der Waals surface area contributed by atoms with Gasteiger partial charge in [0, 0.05) is 27.5 Å². The highest BCUT2D eigenvalue weighted by atomic mass is 35.5. The second kappa shape index (κ2) is 8.12. The van der Waals surface area contributed by atoms with E-state index < -0.39 is 17.8 Å². The number of carbonyl (C=O) groups excluding carboxylic acids is 1. The Morgan fingerprint density at radius 2 is 1.68 bits per heavy atom. The number of nitrogens with one attached hydrogen (secondary N) is 2. The van der Waals surface area contributed by atoms with Crippen molar-refractivity contribution in [1.82, 2.24) is 9.78 Å². The lowest BCUT2D eigenvalue weighted by atomic mass is 10.2. The van der Waals surface area contributed by atoms with Crippen molar-refractivity contribution in [3.05, 3.63) is 76.0 Å². The van der Waals surface area contributed by atoms with Gasteiger partial charge in [-0.2, -0.15) is 18.3 Å². The number of aromatic nitrogens is 2. The van der Waals surface area contributed by atoms with Crippen molar-refractivity contribution < 1.29 is 18.0 Å². The van der Waals surface area contributed by atoms with Crippen LogP contribution in [0.4, 0.5) is 29.3 Å². The minimum absolute atomic E-state index is 0.0163. The molecule has 0 fully saturated rings. The third-order valence-electron chi connectivity index (χ3n) is 3.72. The maximum Gasteiger partial charge on any atom is 0.416 e. The van der Waals surface area contributed by atoms with Crippen LogP contribution in [0, 0.1) is 0 Å². The fourth-order valence-corrected chi connectivity index (χ4v) is 2.94. The van der Waals surface area contributed by atoms with Gasteiger partial charge >= 0.3 is 12.2 Å². The summed E-state index contributed by atoms with van der Waals surface area (Å²) in [6.07, 6.45) is -1.54. The van der Waals surface area contributed by atoms with Gasteiger partial charge in [-0.25, -0.2) is 4.79 Å². The van der Waals surface area contributed by atoms with Crippen molar-refractivity contribution in [2.75, 3.05) is 10.6 Å². The summed E-state index contributed by atoms with van der Waals surface area (Å²) >= 11 is 12.2. The van der Waals surface area contributed by atoms with Crippen molar-refractivity contribution in [2.24, 2.45) is 0 Å². The molecule has 2 N–H and O–H groups in total. The number of nitrogens with zero attached hydrogens (tertiary/aromatic N) is 2. The molecule has 0 saturated heterocycles. The van der Waals surface area contributed by atoms with Crippen LogP contribution in [0.25, 0.3) is 0 Å². The van der Waals surface area contributed by atoms with Crippen LogP contribution in [0.5, 0.6) is 0 Å². The molecule has 2 aromatic carbocycles. The molecule has 2 amide bonds. The Morgan fingerprint density at radius 1 is 1.04 bits per heavy atom. The average Bonchev–Trinajstić information content (AvgIpc) is 3.04. The van der Waals surface area contributed by atoms with Crippen molar-refractivity contribution >= 4 is 40.6 Å². The van der Waals surface area contributed by atoms with E-state index in [1.165, 1.54) is 23.0 Å². The van der Waals surface area contributed by atoms with Crippen LogP contribution in [0.15, 0.2) is 54.9 Å². The minimum Gasteiger partial charge on any atom is -0.308 e. The number of alkyl halides is 3. The second-order valence-corrected chi connectivity index (χ2v) is 6.60. The maximum absolute atomic E-state index is 12.7. The highest BCUT2D eigenvalue weighted by molar-refractivity contribution is 6.35. The topological polar surface area (TPSA) is 59.0 Å². The Kier molecular flexibility index (Phi) is 5.81. The third kappa shape index (κ3) is 4.96. The summed E-state index contributed by atoms with van der Waals surface area (Å²) < 4.78 is 39.7. The van der Waals surface area contributed by atoms with Gasteiger partial charge in [0.1, 0.15) is 0 Å². The van der Waals surface area contributed by atoms with E-state index >= 15 is 0 Å². The number of carbonyl (C=O) groups is 1. The van der Waals surface area contributed by atoms with E-state index in [4.69, 9.17) is 23.2 Å². The Bertz CT molecular complexity index is 984. The third-order valence-corrected chi connectivity index (χ3v) is 4.43. The van der Waals surface area contributed by atoms with Gasteiger partial charge in [-0.3, -0.25) is 4.68 Å². The number of hydrogen-bond acceptors (Lipinski definition) is 2. The Morgan fingerprint density at radius 3 is 2.36 bits per heavy atom. The SMILES string of the molecule is O=C(Nc1cccc(C(F)(F)F)c1)Nc1cnn(Cc2c(Cl)cccc2Cl)c1. The normalized spacial score (nSPS) is 11.3. The standard InChI is InChI=1S/C18H13Cl2F3N4O/c19-15-5-2-6-16(20)14(15)10-27-9-13(8-24-27)26-17(28)25-12-4-1-3-11(7-12)18(21,22)23/h1-9H,10H2,(H2,25,26,28). The van der Waals surface area contributed by atoms with Gasteiger partial charge in [0.05, 0.1) is 24.0 Å². The molecule has 0 saturated carbocycles. The molecule has 0 radical (unpaired) electrons. The number of halogens is 5. The number of hydrogen-bond donors (Lipinski definition) is 2. The van der Waals surface area contributed by atoms with Crippen molar-refractivity contribution in [3.63, 3.8) is 0 Å². The lowest BCUT2D eigenvalue weighted by Crippen LogP contribution is -2.19. The molecule has 3 rings (SSSR count). The highest BCUT2D eigenvalue weighted by Crippen LogP contribution is 2.30. The van der Waals surface area contributed by atoms with E-state index in [0.717, 1.165) is 12.1 Å². The molecule has 5 nitrogen and oxygen atoms in total. The molecule has 0 aliphatic heterocycles. The summed E-state index contributed by atoms with van der Waals surface area (Å²) in [7, 11) is 0. The predicted octanol–water partition coefficient (Wildman–Crippen LogP) is 5.90. The summed E-state index contributed by atoms with van der Waals surface area (Å²) in [4.78, 5) is 12.0. The molecule has 146 valence electrons. The van der Waals surface area contributed by atoms with E-state index in [-0.39, 0.29) is 12.2 Å². The van der Waals surface area contributed by atoms with Crippen molar-refractivity contribution in [2.45, 2.75) is 12.7 Å². The van der Waals surface area contributed by atoms with E-state index in [2.05, 4.69) is 15.7 Å². The summed E-state index contributed by atoms with van der Waals surface area (Å²) in [6.45, 7) is 0.287. The molecule has 0 spiro atoms. The largest absolute Gasteiger partial charge is 0.416 e. The number of benzene rings is 2. The van der Waals surface area contributed by atoms with Gasteiger partial charge in [-0.15, -0.1) is 0 Å². The zero-order valence-electron chi connectivity index (χ0n) is 14.1. The molecule has 0 aliphatic rings. The van der Waals surface area contributed by atoms with Crippen LogP contribution in [-0.2, 0) is 12.7 Å². The molecule has 0 atom stereocenters. The van der Waals surface area contributed by atoms with E-state index in [1.54, 1.807) is 24.4 Å². The quantitative estimate of drug-likeness (QED) is 0.543. The summed E-state index contributed by atoms with van der Waals surface area (Å²) in [6, 6.07) is 8.77. The van der Waals surface area contributed by atoms with Crippen molar-refractivity contribution in [1.29, 1.82) is 0 Å². The van der Waals surface area contributed by atoms with Gasteiger partial charge in [0.25, 0.3) is 0 Å². The maximum atomic E-state index is 12.7. The van der Waals surface area contributed by atoms with Crippen LogP contribution in [0.1, 0.15) is 11.1 Å². The van der Waals surface area contributed by atoms with E-state index in [1.807, 2.05) is 0 Å². The minimum atomic E-state index is -4.49.